The summed E-state index contributed by atoms with van der Waals surface area (Å²) in [6.07, 6.45) is 0.490. The van der Waals surface area contributed by atoms with Gasteiger partial charge in [0.25, 0.3) is 0 Å². The second kappa shape index (κ2) is 3.92. The quantitative estimate of drug-likeness (QED) is 0.603. The van der Waals surface area contributed by atoms with Crippen molar-refractivity contribution in [2.24, 2.45) is 5.92 Å². The van der Waals surface area contributed by atoms with E-state index in [1.54, 1.807) is 0 Å². The summed E-state index contributed by atoms with van der Waals surface area (Å²) in [4.78, 5) is 0. The third kappa shape index (κ3) is 3.32. The Morgan fingerprint density at radius 1 is 1.29 bits per heavy atom. The van der Waals surface area contributed by atoms with Crippen molar-refractivity contribution in [3.05, 3.63) is 0 Å². The molecule has 0 amide bonds. The first-order valence-electron chi connectivity index (χ1n) is 4.78. The number of hydrogen-bond acceptors (Lipinski definition) is 3. The zero-order valence-corrected chi connectivity index (χ0v) is 9.39. The predicted molar refractivity (Wildman–Crippen MR) is 55.5 cm³/mol. The van der Waals surface area contributed by atoms with Crippen LogP contribution in [0.15, 0.2) is 0 Å². The second-order valence-electron chi connectivity index (χ2n) is 4.11. The van der Waals surface area contributed by atoms with Crippen LogP contribution in [0.4, 0.5) is 0 Å². The molecular formula is C10H16O3S. The largest absolute Gasteiger partial charge is 0.378 e. The molecule has 0 aliphatic carbocycles. The number of hydrogen-bond donors (Lipinski definition) is 1. The topological polar surface area (TPSA) is 54.4 Å². The normalized spacial score (nSPS) is 24.0. The van der Waals surface area contributed by atoms with Gasteiger partial charge in [-0.3, -0.25) is 0 Å². The molecule has 0 aromatic rings. The van der Waals surface area contributed by atoms with Crippen LogP contribution in [0.1, 0.15) is 26.7 Å². The van der Waals surface area contributed by atoms with E-state index in [0.29, 0.717) is 0 Å². The molecule has 1 N–H and O–H groups in total. The van der Waals surface area contributed by atoms with Crippen LogP contribution in [-0.4, -0.2) is 30.6 Å². The molecule has 0 spiro atoms. The maximum atomic E-state index is 11.1. The maximum absolute atomic E-state index is 11.1. The fourth-order valence-electron chi connectivity index (χ4n) is 1.28. The molecule has 0 radical (unpaired) electrons. The zero-order valence-electron chi connectivity index (χ0n) is 8.58. The molecular weight excluding hydrogens is 200 g/mol. The number of aliphatic hydroxyl groups is 1. The van der Waals surface area contributed by atoms with Crippen LogP contribution in [-0.2, 0) is 9.84 Å². The first-order valence-corrected chi connectivity index (χ1v) is 6.61. The van der Waals surface area contributed by atoms with Gasteiger partial charge in [-0.15, -0.1) is 0 Å². The molecule has 1 fully saturated rings. The second-order valence-corrected chi connectivity index (χ2v) is 6.41. The lowest BCUT2D eigenvalue weighted by Gasteiger charge is -2.26. The monoisotopic (exact) mass is 216 g/mol. The molecule has 0 bridgehead atoms. The van der Waals surface area contributed by atoms with Gasteiger partial charge in [0, 0.05) is 18.8 Å². The molecule has 0 unspecified atom stereocenters. The molecule has 1 aliphatic rings. The molecule has 1 aliphatic heterocycles. The average molecular weight is 216 g/mol. The third-order valence-corrected chi connectivity index (χ3v) is 3.90. The van der Waals surface area contributed by atoms with E-state index in [1.165, 1.54) is 0 Å². The molecule has 0 aromatic carbocycles. The zero-order chi connectivity index (χ0) is 10.8. The van der Waals surface area contributed by atoms with Crippen molar-refractivity contribution in [3.8, 4) is 11.8 Å². The van der Waals surface area contributed by atoms with Gasteiger partial charge in [0.1, 0.15) is 5.60 Å². The Bertz CT molecular complexity index is 343. The van der Waals surface area contributed by atoms with E-state index in [2.05, 4.69) is 11.8 Å². The van der Waals surface area contributed by atoms with Crippen molar-refractivity contribution in [2.45, 2.75) is 32.3 Å². The summed E-state index contributed by atoms with van der Waals surface area (Å²) in [5.74, 6) is 5.97. The molecule has 1 rings (SSSR count). The lowest BCUT2D eigenvalue weighted by molar-refractivity contribution is 0.0905. The summed E-state index contributed by atoms with van der Waals surface area (Å²) < 4.78 is 22.2. The molecule has 1 saturated heterocycles. The molecule has 3 nitrogen and oxygen atoms in total. The van der Waals surface area contributed by atoms with E-state index in [0.717, 1.165) is 0 Å². The predicted octanol–water partition coefficient (Wildman–Crippen LogP) is 0.586. The minimum Gasteiger partial charge on any atom is -0.378 e. The Morgan fingerprint density at radius 3 is 2.21 bits per heavy atom. The smallest absolute Gasteiger partial charge is 0.150 e. The van der Waals surface area contributed by atoms with Crippen molar-refractivity contribution in [3.63, 3.8) is 0 Å². The molecule has 80 valence electrons. The van der Waals surface area contributed by atoms with E-state index in [9.17, 15) is 13.5 Å². The van der Waals surface area contributed by atoms with Gasteiger partial charge < -0.3 is 5.11 Å². The summed E-state index contributed by atoms with van der Waals surface area (Å²) in [6, 6.07) is 0. The van der Waals surface area contributed by atoms with Gasteiger partial charge in [-0.25, -0.2) is 8.42 Å². The Hall–Kier alpha value is -0.530. The first kappa shape index (κ1) is 11.5. The summed E-state index contributed by atoms with van der Waals surface area (Å²) in [5.41, 5.74) is -1.07. The third-order valence-electron chi connectivity index (χ3n) is 2.25. The van der Waals surface area contributed by atoms with Gasteiger partial charge in [0.05, 0.1) is 11.5 Å². The highest BCUT2D eigenvalue weighted by Gasteiger charge is 2.33. The standard InChI is InChI=1S/C10H16O3S/c1-9(2)3-4-10(11)5-7-14(12,13)8-6-10/h9,11H,5-8H2,1-2H3. The molecule has 4 heteroatoms. The van der Waals surface area contributed by atoms with Crippen LogP contribution in [0.25, 0.3) is 0 Å². The van der Waals surface area contributed by atoms with Crippen molar-refractivity contribution < 1.29 is 13.5 Å². The number of sulfone groups is 1. The summed E-state index contributed by atoms with van der Waals surface area (Å²) in [5, 5.41) is 9.91. The fourth-order valence-corrected chi connectivity index (χ4v) is 2.78. The van der Waals surface area contributed by atoms with Crippen LogP contribution in [0.5, 0.6) is 0 Å². The SMILES string of the molecule is CC(C)C#CC1(O)CCS(=O)(=O)CC1. The van der Waals surface area contributed by atoms with E-state index < -0.39 is 15.4 Å². The highest BCUT2D eigenvalue weighted by Crippen LogP contribution is 2.22. The lowest BCUT2D eigenvalue weighted by atomic mass is 9.97. The fraction of sp³-hybridized carbons (Fsp3) is 0.800. The molecule has 0 aromatic heterocycles. The van der Waals surface area contributed by atoms with Crippen LogP contribution in [0.2, 0.25) is 0 Å². The van der Waals surface area contributed by atoms with Gasteiger partial charge in [-0.1, -0.05) is 25.7 Å². The van der Waals surface area contributed by atoms with Gasteiger partial charge in [0.15, 0.2) is 9.84 Å². The highest BCUT2D eigenvalue weighted by atomic mass is 32.2. The van der Waals surface area contributed by atoms with Gasteiger partial charge >= 0.3 is 0 Å². The molecule has 1 heterocycles. The van der Waals surface area contributed by atoms with Gasteiger partial charge in [-0.05, 0) is 0 Å². The van der Waals surface area contributed by atoms with E-state index in [1.807, 2.05) is 13.8 Å². The average Bonchev–Trinajstić information content (AvgIpc) is 2.08. The minimum atomic E-state index is -2.92. The Kier molecular flexibility index (Phi) is 3.23. The Morgan fingerprint density at radius 2 is 1.79 bits per heavy atom. The summed E-state index contributed by atoms with van der Waals surface area (Å²) >= 11 is 0. The van der Waals surface area contributed by atoms with Crippen LogP contribution in [0.3, 0.4) is 0 Å². The van der Waals surface area contributed by atoms with Gasteiger partial charge in [-0.2, -0.15) is 0 Å². The van der Waals surface area contributed by atoms with Crippen molar-refractivity contribution >= 4 is 9.84 Å². The van der Waals surface area contributed by atoms with Crippen LogP contribution < -0.4 is 0 Å². The Labute approximate surface area is 85.4 Å². The molecule has 0 saturated carbocycles. The lowest BCUT2D eigenvalue weighted by Crippen LogP contribution is -2.37. The van der Waals surface area contributed by atoms with Crippen molar-refractivity contribution in [1.29, 1.82) is 0 Å². The minimum absolute atomic E-state index is 0.0519. The van der Waals surface area contributed by atoms with Crippen LogP contribution >= 0.6 is 0 Å². The molecule has 0 atom stereocenters. The highest BCUT2D eigenvalue weighted by molar-refractivity contribution is 7.91. The summed E-state index contributed by atoms with van der Waals surface area (Å²) in [6.45, 7) is 3.88. The van der Waals surface area contributed by atoms with E-state index in [4.69, 9.17) is 0 Å². The first-order chi connectivity index (χ1) is 6.33. The van der Waals surface area contributed by atoms with Crippen LogP contribution in [0, 0.1) is 17.8 Å². The number of rotatable bonds is 0. The summed E-state index contributed by atoms with van der Waals surface area (Å²) in [7, 11) is -2.92. The van der Waals surface area contributed by atoms with Gasteiger partial charge in [0.2, 0.25) is 0 Å². The maximum Gasteiger partial charge on any atom is 0.150 e. The molecule has 14 heavy (non-hydrogen) atoms. The van der Waals surface area contributed by atoms with Crippen molar-refractivity contribution in [2.75, 3.05) is 11.5 Å². The van der Waals surface area contributed by atoms with E-state index in [-0.39, 0.29) is 30.3 Å². The van der Waals surface area contributed by atoms with E-state index >= 15 is 0 Å². The Balaban J connectivity index is 2.68. The van der Waals surface area contributed by atoms with Crippen molar-refractivity contribution in [1.82, 2.24) is 0 Å².